The van der Waals surface area contributed by atoms with E-state index < -0.39 is 55.7 Å². The Hall–Kier alpha value is -2.53. The van der Waals surface area contributed by atoms with Crippen LogP contribution in [0.2, 0.25) is 5.02 Å². The van der Waals surface area contributed by atoms with Gasteiger partial charge in [-0.15, -0.1) is 0 Å². The van der Waals surface area contributed by atoms with Crippen LogP contribution in [0.3, 0.4) is 0 Å². The molecule has 2 aromatic rings. The van der Waals surface area contributed by atoms with E-state index in [0.717, 1.165) is 10.7 Å². The normalized spacial score (nSPS) is 22.1. The standard InChI is InChI=1S/C22H23ClFN3O5S/c1-27(2)33(31,32)21-13(23)8-9-15(18(21)28)25-16-17(20(30)19(16)29)26-22(10-5-11-22)12-6-3-4-7-14(12)24/h3-4,6-9,16-17,25-26,28H,5,10-11H2,1-2H3. The number of hydrogen-bond acceptors (Lipinski definition) is 7. The van der Waals surface area contributed by atoms with Crippen molar-refractivity contribution in [3.63, 3.8) is 0 Å². The molecule has 3 N–H and O–H groups in total. The van der Waals surface area contributed by atoms with Crippen molar-refractivity contribution in [1.82, 2.24) is 9.62 Å². The molecule has 0 amide bonds. The lowest BCUT2D eigenvalue weighted by Crippen LogP contribution is -2.71. The Morgan fingerprint density at radius 3 is 2.30 bits per heavy atom. The number of aromatic hydroxyl groups is 1. The second-order valence-electron chi connectivity index (χ2n) is 8.45. The molecular formula is C22H23ClFN3O5S. The summed E-state index contributed by atoms with van der Waals surface area (Å²) in [6.07, 6.45) is 2.02. The number of rotatable bonds is 7. The molecule has 0 heterocycles. The number of benzene rings is 2. The Balaban J connectivity index is 1.64. The SMILES string of the molecule is CN(C)S(=O)(=O)c1c(Cl)ccc(NC2C(=O)C(=O)C2NC2(c3ccccc3F)CCC2)c1O. The van der Waals surface area contributed by atoms with Crippen molar-refractivity contribution in [1.29, 1.82) is 0 Å². The highest BCUT2D eigenvalue weighted by molar-refractivity contribution is 7.89. The van der Waals surface area contributed by atoms with Crippen LogP contribution in [0.25, 0.3) is 0 Å². The molecule has 2 atom stereocenters. The molecule has 4 rings (SSSR count). The van der Waals surface area contributed by atoms with Gasteiger partial charge in [0, 0.05) is 25.2 Å². The van der Waals surface area contributed by atoms with Crippen molar-refractivity contribution in [2.24, 2.45) is 0 Å². The first-order chi connectivity index (χ1) is 15.5. The van der Waals surface area contributed by atoms with Gasteiger partial charge in [-0.2, -0.15) is 0 Å². The average molecular weight is 496 g/mol. The number of nitrogens with one attached hydrogen (secondary N) is 2. The van der Waals surface area contributed by atoms with E-state index >= 15 is 0 Å². The van der Waals surface area contributed by atoms with Gasteiger partial charge in [-0.05, 0) is 37.5 Å². The third kappa shape index (κ3) is 3.80. The maximum atomic E-state index is 14.5. The van der Waals surface area contributed by atoms with E-state index in [9.17, 15) is 27.5 Å². The van der Waals surface area contributed by atoms with Gasteiger partial charge in [0.25, 0.3) is 0 Å². The molecule has 11 heteroatoms. The van der Waals surface area contributed by atoms with Gasteiger partial charge in [-0.3, -0.25) is 14.9 Å². The van der Waals surface area contributed by atoms with Crippen LogP contribution < -0.4 is 10.6 Å². The molecule has 33 heavy (non-hydrogen) atoms. The fourth-order valence-corrected chi connectivity index (χ4v) is 5.72. The van der Waals surface area contributed by atoms with Gasteiger partial charge in [0.05, 0.1) is 10.7 Å². The van der Waals surface area contributed by atoms with Crippen molar-refractivity contribution in [3.05, 3.63) is 52.8 Å². The summed E-state index contributed by atoms with van der Waals surface area (Å²) in [4.78, 5) is 24.3. The molecule has 2 unspecified atom stereocenters. The zero-order valence-electron chi connectivity index (χ0n) is 17.9. The number of phenols is 1. The molecule has 176 valence electrons. The molecule has 2 saturated carbocycles. The number of nitrogens with zero attached hydrogens (tertiary/aromatic N) is 1. The van der Waals surface area contributed by atoms with Crippen LogP contribution >= 0.6 is 11.6 Å². The van der Waals surface area contributed by atoms with Crippen molar-refractivity contribution in [2.75, 3.05) is 19.4 Å². The molecule has 2 fully saturated rings. The zero-order chi connectivity index (χ0) is 24.1. The molecule has 0 bridgehead atoms. The predicted octanol–water partition coefficient (Wildman–Crippen LogP) is 2.40. The topological polar surface area (TPSA) is 116 Å². The first kappa shape index (κ1) is 23.6. The van der Waals surface area contributed by atoms with E-state index in [2.05, 4.69) is 10.6 Å². The summed E-state index contributed by atoms with van der Waals surface area (Å²) >= 11 is 6.03. The van der Waals surface area contributed by atoms with Crippen LogP contribution in [0.15, 0.2) is 41.3 Å². The summed E-state index contributed by atoms with van der Waals surface area (Å²) in [5, 5.41) is 16.4. The van der Waals surface area contributed by atoms with Gasteiger partial charge < -0.3 is 10.4 Å². The number of anilines is 1. The van der Waals surface area contributed by atoms with E-state index in [1.165, 1.54) is 32.3 Å². The van der Waals surface area contributed by atoms with Gasteiger partial charge >= 0.3 is 0 Å². The van der Waals surface area contributed by atoms with Crippen LogP contribution in [-0.4, -0.2) is 55.6 Å². The van der Waals surface area contributed by atoms with Gasteiger partial charge in [-0.25, -0.2) is 17.1 Å². The summed E-state index contributed by atoms with van der Waals surface area (Å²) in [5.74, 6) is -2.44. The van der Waals surface area contributed by atoms with Crippen LogP contribution in [0, 0.1) is 5.82 Å². The van der Waals surface area contributed by atoms with Crippen LogP contribution in [0.4, 0.5) is 10.1 Å². The van der Waals surface area contributed by atoms with E-state index in [1.807, 2.05) is 0 Å². The lowest BCUT2D eigenvalue weighted by Gasteiger charge is -2.48. The summed E-state index contributed by atoms with van der Waals surface area (Å²) in [6.45, 7) is 0. The zero-order valence-corrected chi connectivity index (χ0v) is 19.5. The Morgan fingerprint density at radius 2 is 1.73 bits per heavy atom. The highest BCUT2D eigenvalue weighted by Gasteiger charge is 2.54. The summed E-state index contributed by atoms with van der Waals surface area (Å²) in [6, 6.07) is 6.86. The molecule has 0 aliphatic heterocycles. The van der Waals surface area contributed by atoms with Gasteiger partial charge in [-0.1, -0.05) is 29.8 Å². The lowest BCUT2D eigenvalue weighted by atomic mass is 9.69. The summed E-state index contributed by atoms with van der Waals surface area (Å²) < 4.78 is 40.6. The summed E-state index contributed by atoms with van der Waals surface area (Å²) in [5.41, 5.74) is -0.421. The maximum Gasteiger partial charge on any atom is 0.247 e. The quantitative estimate of drug-likeness (QED) is 0.399. The molecule has 2 aromatic carbocycles. The highest BCUT2D eigenvalue weighted by Crippen LogP contribution is 2.44. The third-order valence-electron chi connectivity index (χ3n) is 6.30. The lowest BCUT2D eigenvalue weighted by molar-refractivity contribution is -0.146. The second kappa shape index (κ2) is 8.35. The number of sulfonamides is 1. The molecule has 2 aliphatic rings. The first-order valence-electron chi connectivity index (χ1n) is 10.3. The number of Topliss-reactive ketones (excluding diaryl/α,β-unsaturated/α-hetero) is 2. The smallest absolute Gasteiger partial charge is 0.247 e. The summed E-state index contributed by atoms with van der Waals surface area (Å²) in [7, 11) is -1.50. The Kier molecular flexibility index (Phi) is 5.98. The van der Waals surface area contributed by atoms with Crippen molar-refractivity contribution in [3.8, 4) is 5.75 Å². The van der Waals surface area contributed by atoms with E-state index in [0.29, 0.717) is 18.4 Å². The van der Waals surface area contributed by atoms with Crippen molar-refractivity contribution < 1.29 is 27.5 Å². The monoisotopic (exact) mass is 495 g/mol. The van der Waals surface area contributed by atoms with E-state index in [-0.39, 0.29) is 10.7 Å². The fourth-order valence-electron chi connectivity index (χ4n) is 4.24. The Bertz CT molecular complexity index is 1250. The predicted molar refractivity (Wildman–Crippen MR) is 120 cm³/mol. The molecule has 8 nitrogen and oxygen atoms in total. The minimum Gasteiger partial charge on any atom is -0.504 e. The largest absolute Gasteiger partial charge is 0.504 e. The second-order valence-corrected chi connectivity index (χ2v) is 10.9. The molecule has 0 aromatic heterocycles. The number of ketones is 2. The van der Waals surface area contributed by atoms with E-state index in [4.69, 9.17) is 11.6 Å². The van der Waals surface area contributed by atoms with Gasteiger partial charge in [0.1, 0.15) is 22.8 Å². The number of carbonyl (C=O) groups excluding carboxylic acids is 2. The molecule has 0 saturated heterocycles. The Labute approximate surface area is 195 Å². The number of phenolic OH excluding ortho intramolecular Hbond substituents is 1. The number of halogens is 2. The first-order valence-corrected chi connectivity index (χ1v) is 12.1. The van der Waals surface area contributed by atoms with Crippen LogP contribution in [0.1, 0.15) is 24.8 Å². The van der Waals surface area contributed by atoms with Crippen molar-refractivity contribution in [2.45, 2.75) is 41.8 Å². The third-order valence-corrected chi connectivity index (χ3v) is 8.62. The minimum absolute atomic E-state index is 0.0639. The molecule has 0 radical (unpaired) electrons. The van der Waals surface area contributed by atoms with Crippen LogP contribution in [-0.2, 0) is 25.2 Å². The van der Waals surface area contributed by atoms with Gasteiger partial charge in [0.2, 0.25) is 21.6 Å². The van der Waals surface area contributed by atoms with Crippen molar-refractivity contribution >= 4 is 38.9 Å². The maximum absolute atomic E-state index is 14.5. The fraction of sp³-hybridized carbons (Fsp3) is 0.364. The minimum atomic E-state index is -4.09. The number of carbonyl (C=O) groups is 2. The van der Waals surface area contributed by atoms with Gasteiger partial charge in [0.15, 0.2) is 5.75 Å². The van der Waals surface area contributed by atoms with Crippen LogP contribution in [0.5, 0.6) is 5.75 Å². The molecular weight excluding hydrogens is 473 g/mol. The highest BCUT2D eigenvalue weighted by atomic mass is 35.5. The Morgan fingerprint density at radius 1 is 1.09 bits per heavy atom. The molecule has 2 aliphatic carbocycles. The number of hydrogen-bond donors (Lipinski definition) is 3. The van der Waals surface area contributed by atoms with E-state index in [1.54, 1.807) is 18.2 Å². The molecule has 0 spiro atoms. The average Bonchev–Trinajstić information content (AvgIpc) is 2.73.